The summed E-state index contributed by atoms with van der Waals surface area (Å²) < 4.78 is 65.3. The van der Waals surface area contributed by atoms with Crippen LogP contribution in [0.4, 0.5) is 22.0 Å². The second kappa shape index (κ2) is 4.58. The Morgan fingerprint density at radius 3 is 2.40 bits per heavy atom. The van der Waals surface area contributed by atoms with Gasteiger partial charge in [0, 0.05) is 6.07 Å². The van der Waals surface area contributed by atoms with Crippen LogP contribution in [-0.2, 0) is 6.18 Å². The molecule has 0 unspecified atom stereocenters. The predicted molar refractivity (Wildman–Crippen MR) is 57.0 cm³/mol. The number of hydrogen-bond donors (Lipinski definition) is 1. The lowest BCUT2D eigenvalue weighted by Crippen LogP contribution is -2.21. The zero-order valence-corrected chi connectivity index (χ0v) is 9.58. The van der Waals surface area contributed by atoms with Crippen LogP contribution in [0.5, 0.6) is 0 Å². The third kappa shape index (κ3) is 2.33. The zero-order chi connectivity index (χ0) is 15.1. The van der Waals surface area contributed by atoms with Crippen molar-refractivity contribution < 1.29 is 26.7 Å². The first-order chi connectivity index (χ1) is 9.21. The van der Waals surface area contributed by atoms with Gasteiger partial charge in [0.1, 0.15) is 11.5 Å². The van der Waals surface area contributed by atoms with Crippen LogP contribution in [0.3, 0.4) is 0 Å². The van der Waals surface area contributed by atoms with Crippen LogP contribution in [0, 0.1) is 11.6 Å². The second-order valence-electron chi connectivity index (χ2n) is 3.78. The van der Waals surface area contributed by atoms with Gasteiger partial charge >= 0.3 is 6.18 Å². The molecule has 4 nitrogen and oxygen atoms in total. The summed E-state index contributed by atoms with van der Waals surface area (Å²) in [5.74, 6) is -3.57. The summed E-state index contributed by atoms with van der Waals surface area (Å²) in [4.78, 5) is 11.0. The summed E-state index contributed by atoms with van der Waals surface area (Å²) >= 11 is 0. The number of carbonyl (C=O) groups excluding carboxylic acids is 1. The molecule has 9 heteroatoms. The number of carbonyl (C=O) groups is 1. The summed E-state index contributed by atoms with van der Waals surface area (Å²) in [5, 5.41) is 3.30. The van der Waals surface area contributed by atoms with Crippen LogP contribution < -0.4 is 5.73 Å². The number of rotatable bonds is 2. The van der Waals surface area contributed by atoms with Crippen LogP contribution in [0.1, 0.15) is 16.1 Å². The van der Waals surface area contributed by atoms with Gasteiger partial charge in [0.25, 0.3) is 5.91 Å². The lowest BCUT2D eigenvalue weighted by molar-refractivity contribution is -0.143. The monoisotopic (exact) mass is 291 g/mol. The largest absolute Gasteiger partial charge is 0.434 e. The Morgan fingerprint density at radius 2 is 1.90 bits per heavy atom. The van der Waals surface area contributed by atoms with E-state index in [1.165, 1.54) is 0 Å². The molecule has 20 heavy (non-hydrogen) atoms. The summed E-state index contributed by atoms with van der Waals surface area (Å²) in [6, 6.07) is 1.95. The van der Waals surface area contributed by atoms with Gasteiger partial charge in [-0.2, -0.15) is 18.3 Å². The van der Waals surface area contributed by atoms with Gasteiger partial charge in [0.2, 0.25) is 0 Å². The molecule has 1 aromatic carbocycles. The Kier molecular flexibility index (Phi) is 3.20. The predicted octanol–water partition coefficient (Wildman–Crippen LogP) is 2.27. The minimum atomic E-state index is -4.98. The molecule has 1 amide bonds. The first-order valence-corrected chi connectivity index (χ1v) is 5.12. The van der Waals surface area contributed by atoms with E-state index < -0.39 is 40.7 Å². The fourth-order valence-electron chi connectivity index (χ4n) is 1.64. The average molecular weight is 291 g/mol. The number of amides is 1. The molecule has 0 saturated carbocycles. The van der Waals surface area contributed by atoms with E-state index in [4.69, 9.17) is 5.73 Å². The minimum Gasteiger partial charge on any atom is -0.365 e. The van der Waals surface area contributed by atoms with Gasteiger partial charge in [-0.15, -0.1) is 0 Å². The lowest BCUT2D eigenvalue weighted by atomic mass is 10.2. The van der Waals surface area contributed by atoms with Gasteiger partial charge in [-0.1, -0.05) is 0 Å². The van der Waals surface area contributed by atoms with E-state index in [0.29, 0.717) is 12.3 Å². The number of alkyl halides is 3. The molecule has 0 aliphatic carbocycles. The van der Waals surface area contributed by atoms with Crippen molar-refractivity contribution in [3.8, 4) is 5.69 Å². The average Bonchev–Trinajstić information content (AvgIpc) is 2.73. The van der Waals surface area contributed by atoms with E-state index in [1.54, 1.807) is 0 Å². The molecule has 0 bridgehead atoms. The maximum absolute atomic E-state index is 13.5. The normalized spacial score (nSPS) is 11.7. The number of nitrogens with two attached hydrogens (primary N) is 1. The second-order valence-corrected chi connectivity index (χ2v) is 3.78. The van der Waals surface area contributed by atoms with E-state index in [1.807, 2.05) is 0 Å². The molecule has 1 heterocycles. The Hall–Kier alpha value is -2.45. The molecule has 0 aliphatic rings. The third-order valence-electron chi connectivity index (χ3n) is 2.44. The molecule has 0 radical (unpaired) electrons. The minimum absolute atomic E-state index is 0.162. The number of aromatic nitrogens is 2. The first-order valence-electron chi connectivity index (χ1n) is 5.12. The molecule has 0 fully saturated rings. The molecule has 2 N–H and O–H groups in total. The molecular weight excluding hydrogens is 285 g/mol. The van der Waals surface area contributed by atoms with Crippen molar-refractivity contribution in [2.45, 2.75) is 6.18 Å². The van der Waals surface area contributed by atoms with Crippen molar-refractivity contribution in [3.63, 3.8) is 0 Å². The van der Waals surface area contributed by atoms with Crippen LogP contribution in [-0.4, -0.2) is 15.7 Å². The highest BCUT2D eigenvalue weighted by Crippen LogP contribution is 2.34. The molecule has 0 atom stereocenters. The molecule has 2 rings (SSSR count). The Bertz CT molecular complexity index is 677. The lowest BCUT2D eigenvalue weighted by Gasteiger charge is -2.12. The Labute approximate surface area is 108 Å². The van der Waals surface area contributed by atoms with Crippen molar-refractivity contribution in [1.29, 1.82) is 0 Å². The van der Waals surface area contributed by atoms with Crippen LogP contribution in [0.25, 0.3) is 5.69 Å². The Morgan fingerprint density at radius 1 is 1.25 bits per heavy atom. The first kappa shape index (κ1) is 14.0. The highest BCUT2D eigenvalue weighted by Gasteiger charge is 2.40. The number of primary amides is 1. The van der Waals surface area contributed by atoms with Gasteiger partial charge in [-0.05, 0) is 12.1 Å². The van der Waals surface area contributed by atoms with Crippen LogP contribution in [0.2, 0.25) is 0 Å². The van der Waals surface area contributed by atoms with Crippen molar-refractivity contribution in [1.82, 2.24) is 9.78 Å². The molecule has 0 spiro atoms. The van der Waals surface area contributed by atoms with Gasteiger partial charge < -0.3 is 5.73 Å². The summed E-state index contributed by atoms with van der Waals surface area (Å²) in [6.45, 7) is 0. The number of benzene rings is 1. The van der Waals surface area contributed by atoms with Gasteiger partial charge in [0.05, 0.1) is 11.8 Å². The van der Waals surface area contributed by atoms with E-state index >= 15 is 0 Å². The molecule has 1 aromatic heterocycles. The van der Waals surface area contributed by atoms with Crippen molar-refractivity contribution in [2.24, 2.45) is 5.73 Å². The standard InChI is InChI=1S/C11H6F5N3O/c12-5-1-2-8(7(13)3-5)19-9(11(14,15)16)6(4-18-19)10(17)20/h1-4H,(H2,17,20). The topological polar surface area (TPSA) is 60.9 Å². The zero-order valence-electron chi connectivity index (χ0n) is 9.58. The highest BCUT2D eigenvalue weighted by molar-refractivity contribution is 5.94. The summed E-state index contributed by atoms with van der Waals surface area (Å²) in [6.07, 6.45) is -4.41. The molecular formula is C11H6F5N3O. The molecule has 106 valence electrons. The maximum Gasteiger partial charge on any atom is 0.434 e. The van der Waals surface area contributed by atoms with Crippen molar-refractivity contribution in [2.75, 3.05) is 0 Å². The van der Waals surface area contributed by atoms with E-state index in [0.717, 1.165) is 12.1 Å². The SMILES string of the molecule is NC(=O)c1cnn(-c2ccc(F)cc2F)c1C(F)(F)F. The third-order valence-corrected chi connectivity index (χ3v) is 2.44. The number of nitrogens with zero attached hydrogens (tertiary/aromatic N) is 2. The number of halogens is 5. The number of hydrogen-bond acceptors (Lipinski definition) is 2. The summed E-state index contributed by atoms with van der Waals surface area (Å²) in [7, 11) is 0. The fourth-order valence-corrected chi connectivity index (χ4v) is 1.64. The van der Waals surface area contributed by atoms with Gasteiger partial charge in [-0.25, -0.2) is 13.5 Å². The van der Waals surface area contributed by atoms with E-state index in [2.05, 4.69) is 5.10 Å². The smallest absolute Gasteiger partial charge is 0.365 e. The molecule has 2 aromatic rings. The van der Waals surface area contributed by atoms with Gasteiger partial charge in [-0.3, -0.25) is 4.79 Å². The molecule has 0 saturated heterocycles. The highest BCUT2D eigenvalue weighted by atomic mass is 19.4. The van der Waals surface area contributed by atoms with E-state index in [9.17, 15) is 26.7 Å². The maximum atomic E-state index is 13.5. The van der Waals surface area contributed by atoms with Gasteiger partial charge in [0.15, 0.2) is 11.5 Å². The summed E-state index contributed by atoms with van der Waals surface area (Å²) in [5.41, 5.74) is 1.75. The molecule has 0 aliphatic heterocycles. The van der Waals surface area contributed by atoms with Crippen LogP contribution >= 0.6 is 0 Å². The quantitative estimate of drug-likeness (QED) is 0.863. The van der Waals surface area contributed by atoms with Crippen molar-refractivity contribution in [3.05, 3.63) is 47.3 Å². The van der Waals surface area contributed by atoms with E-state index in [-0.39, 0.29) is 4.68 Å². The Balaban J connectivity index is 2.72. The van der Waals surface area contributed by atoms with Crippen molar-refractivity contribution >= 4 is 5.91 Å². The fraction of sp³-hybridized carbons (Fsp3) is 0.0909. The van der Waals surface area contributed by atoms with Crippen LogP contribution in [0.15, 0.2) is 24.4 Å².